The highest BCUT2D eigenvalue weighted by Gasteiger charge is 2.00. The fourth-order valence-corrected chi connectivity index (χ4v) is 0.973. The van der Waals surface area contributed by atoms with Gasteiger partial charge in [-0.05, 0) is 12.1 Å². The number of pyridine rings is 1. The summed E-state index contributed by atoms with van der Waals surface area (Å²) in [5, 5.41) is 9.18. The summed E-state index contributed by atoms with van der Waals surface area (Å²) in [4.78, 5) is 12.0. The zero-order valence-electron chi connectivity index (χ0n) is 6.75. The Morgan fingerprint density at radius 1 is 1.00 bits per heavy atom. The summed E-state index contributed by atoms with van der Waals surface area (Å²) >= 11 is 0. The predicted molar refractivity (Wildman–Crippen MR) is 46.9 cm³/mol. The monoisotopic (exact) mass is 173 g/mol. The van der Waals surface area contributed by atoms with Crippen molar-refractivity contribution >= 4 is 0 Å². The van der Waals surface area contributed by atoms with E-state index in [1.165, 1.54) is 18.3 Å². The molecular weight excluding hydrogens is 166 g/mol. The van der Waals surface area contributed by atoms with Crippen LogP contribution >= 0.6 is 0 Å². The molecule has 0 atom stereocenters. The summed E-state index contributed by atoms with van der Waals surface area (Å²) in [5.74, 6) is 0.677. The second-order valence-electron chi connectivity index (χ2n) is 2.47. The van der Waals surface area contributed by atoms with Crippen LogP contribution in [0.4, 0.5) is 0 Å². The van der Waals surface area contributed by atoms with Crippen LogP contribution in [0.1, 0.15) is 0 Å². The normalized spacial score (nSPS) is 9.85. The van der Waals surface area contributed by atoms with Crippen LogP contribution in [-0.4, -0.2) is 20.1 Å². The van der Waals surface area contributed by atoms with Gasteiger partial charge in [0.05, 0.1) is 0 Å². The first kappa shape index (κ1) is 7.67. The molecule has 2 heterocycles. The van der Waals surface area contributed by atoms with Gasteiger partial charge in [0.1, 0.15) is 11.4 Å². The van der Waals surface area contributed by atoms with Crippen molar-refractivity contribution in [2.45, 2.75) is 0 Å². The summed E-state index contributed by atoms with van der Waals surface area (Å²) in [6.07, 6.45) is 4.78. The molecule has 4 nitrogen and oxygen atoms in total. The van der Waals surface area contributed by atoms with E-state index in [0.717, 1.165) is 0 Å². The van der Waals surface area contributed by atoms with Gasteiger partial charge in [-0.15, -0.1) is 0 Å². The highest BCUT2D eigenvalue weighted by Crippen LogP contribution is 2.15. The Labute approximate surface area is 74.9 Å². The zero-order valence-corrected chi connectivity index (χ0v) is 6.75. The number of aromatic hydroxyl groups is 1. The standard InChI is InChI=1S/C9H7N3O/c13-7-2-5-10-8(6-7)9-11-3-1-4-12-9/h1-6H,(H,10,13). The molecule has 0 aromatic carbocycles. The Bertz CT molecular complexity index is 403. The number of rotatable bonds is 1. The lowest BCUT2D eigenvalue weighted by molar-refractivity contribution is 0.475. The number of hydrogen-bond donors (Lipinski definition) is 1. The van der Waals surface area contributed by atoms with Crippen molar-refractivity contribution in [2.24, 2.45) is 0 Å². The lowest BCUT2D eigenvalue weighted by atomic mass is 10.3. The Morgan fingerprint density at radius 2 is 1.77 bits per heavy atom. The third-order valence-electron chi connectivity index (χ3n) is 1.54. The maximum Gasteiger partial charge on any atom is 0.178 e. The highest BCUT2D eigenvalue weighted by molar-refractivity contribution is 5.50. The predicted octanol–water partition coefficient (Wildman–Crippen LogP) is 1.24. The van der Waals surface area contributed by atoms with E-state index in [4.69, 9.17) is 0 Å². The van der Waals surface area contributed by atoms with Crippen LogP contribution in [0.5, 0.6) is 5.75 Å². The number of nitrogens with zero attached hydrogens (tertiary/aromatic N) is 3. The Kier molecular flexibility index (Phi) is 1.88. The number of hydrogen-bond acceptors (Lipinski definition) is 4. The van der Waals surface area contributed by atoms with Crippen LogP contribution in [0.2, 0.25) is 0 Å². The average Bonchev–Trinajstić information content (AvgIpc) is 2.19. The molecular formula is C9H7N3O. The van der Waals surface area contributed by atoms with E-state index >= 15 is 0 Å². The third-order valence-corrected chi connectivity index (χ3v) is 1.54. The third kappa shape index (κ3) is 1.61. The van der Waals surface area contributed by atoms with Gasteiger partial charge in [-0.2, -0.15) is 0 Å². The molecule has 0 radical (unpaired) electrons. The molecule has 2 aromatic rings. The van der Waals surface area contributed by atoms with Crippen molar-refractivity contribution in [3.8, 4) is 17.3 Å². The van der Waals surface area contributed by atoms with Crippen LogP contribution < -0.4 is 0 Å². The first-order valence-corrected chi connectivity index (χ1v) is 3.79. The zero-order chi connectivity index (χ0) is 9.10. The second kappa shape index (κ2) is 3.18. The van der Waals surface area contributed by atoms with Crippen molar-refractivity contribution in [3.63, 3.8) is 0 Å². The van der Waals surface area contributed by atoms with Gasteiger partial charge in [0, 0.05) is 24.7 Å². The van der Waals surface area contributed by atoms with E-state index in [1.807, 2.05) is 0 Å². The summed E-state index contributed by atoms with van der Waals surface area (Å²) in [6, 6.07) is 4.76. The van der Waals surface area contributed by atoms with Gasteiger partial charge >= 0.3 is 0 Å². The molecule has 1 N–H and O–H groups in total. The summed E-state index contributed by atoms with van der Waals surface area (Å²) in [7, 11) is 0. The minimum atomic E-state index is 0.164. The largest absolute Gasteiger partial charge is 0.508 e. The molecule has 0 saturated carbocycles. The van der Waals surface area contributed by atoms with E-state index in [-0.39, 0.29) is 5.75 Å². The van der Waals surface area contributed by atoms with E-state index in [2.05, 4.69) is 15.0 Å². The van der Waals surface area contributed by atoms with Gasteiger partial charge in [0.15, 0.2) is 5.82 Å². The van der Waals surface area contributed by atoms with Gasteiger partial charge in [-0.1, -0.05) is 0 Å². The van der Waals surface area contributed by atoms with Crippen molar-refractivity contribution in [1.29, 1.82) is 0 Å². The number of aromatic nitrogens is 3. The molecule has 0 spiro atoms. The highest BCUT2D eigenvalue weighted by atomic mass is 16.3. The molecule has 0 bridgehead atoms. The Hall–Kier alpha value is -1.97. The van der Waals surface area contributed by atoms with Gasteiger partial charge in [-0.25, -0.2) is 9.97 Å². The minimum absolute atomic E-state index is 0.164. The molecule has 2 rings (SSSR count). The van der Waals surface area contributed by atoms with Gasteiger partial charge < -0.3 is 5.11 Å². The average molecular weight is 173 g/mol. The molecule has 2 aromatic heterocycles. The fraction of sp³-hybridized carbons (Fsp3) is 0. The van der Waals surface area contributed by atoms with Crippen molar-refractivity contribution < 1.29 is 5.11 Å². The fourth-order valence-electron chi connectivity index (χ4n) is 0.973. The van der Waals surface area contributed by atoms with Crippen molar-refractivity contribution in [3.05, 3.63) is 36.8 Å². The summed E-state index contributed by atoms with van der Waals surface area (Å²) in [6.45, 7) is 0. The molecule has 0 amide bonds. The first-order chi connectivity index (χ1) is 6.36. The molecule has 0 aliphatic heterocycles. The molecule has 64 valence electrons. The van der Waals surface area contributed by atoms with Crippen molar-refractivity contribution in [1.82, 2.24) is 15.0 Å². The molecule has 4 heteroatoms. The van der Waals surface area contributed by atoms with E-state index < -0.39 is 0 Å². The topological polar surface area (TPSA) is 58.9 Å². The van der Waals surface area contributed by atoms with Gasteiger partial charge in [0.25, 0.3) is 0 Å². The molecule has 13 heavy (non-hydrogen) atoms. The van der Waals surface area contributed by atoms with E-state index in [0.29, 0.717) is 11.5 Å². The van der Waals surface area contributed by atoms with Gasteiger partial charge in [-0.3, -0.25) is 4.98 Å². The maximum absolute atomic E-state index is 9.18. The molecule has 0 unspecified atom stereocenters. The summed E-state index contributed by atoms with van der Waals surface area (Å²) in [5.41, 5.74) is 0.570. The quantitative estimate of drug-likeness (QED) is 0.704. The van der Waals surface area contributed by atoms with Crippen LogP contribution in [0.25, 0.3) is 11.5 Å². The molecule has 0 fully saturated rings. The van der Waals surface area contributed by atoms with Crippen LogP contribution in [0, 0.1) is 0 Å². The first-order valence-electron chi connectivity index (χ1n) is 3.79. The Balaban J connectivity index is 2.48. The van der Waals surface area contributed by atoms with Crippen LogP contribution in [-0.2, 0) is 0 Å². The molecule has 0 saturated heterocycles. The lowest BCUT2D eigenvalue weighted by Gasteiger charge is -1.97. The molecule has 0 aliphatic rings. The van der Waals surface area contributed by atoms with E-state index in [1.54, 1.807) is 18.5 Å². The SMILES string of the molecule is Oc1ccnc(-c2ncccn2)c1. The van der Waals surface area contributed by atoms with E-state index in [9.17, 15) is 5.11 Å². The Morgan fingerprint density at radius 3 is 2.46 bits per heavy atom. The summed E-state index contributed by atoms with van der Waals surface area (Å²) < 4.78 is 0. The minimum Gasteiger partial charge on any atom is -0.508 e. The van der Waals surface area contributed by atoms with Crippen LogP contribution in [0.3, 0.4) is 0 Å². The lowest BCUT2D eigenvalue weighted by Crippen LogP contribution is -1.88. The molecule has 0 aliphatic carbocycles. The maximum atomic E-state index is 9.18. The van der Waals surface area contributed by atoms with Crippen LogP contribution in [0.15, 0.2) is 36.8 Å². The smallest absolute Gasteiger partial charge is 0.178 e. The van der Waals surface area contributed by atoms with Gasteiger partial charge in [0.2, 0.25) is 0 Å². The van der Waals surface area contributed by atoms with Crippen molar-refractivity contribution in [2.75, 3.05) is 0 Å². The second-order valence-corrected chi connectivity index (χ2v) is 2.47.